The molecule has 6 nitrogen and oxygen atoms in total. The van der Waals surface area contributed by atoms with Crippen LogP contribution in [0.1, 0.15) is 40.6 Å². The maximum atomic E-state index is 13.1. The highest BCUT2D eigenvalue weighted by atomic mass is 35.5. The number of aryl methyl sites for hydroxylation is 1. The number of carbonyl (C=O) groups excluding carboxylic acids is 2. The van der Waals surface area contributed by atoms with Crippen molar-refractivity contribution in [2.24, 2.45) is 11.8 Å². The summed E-state index contributed by atoms with van der Waals surface area (Å²) in [5.74, 6) is -3.16. The van der Waals surface area contributed by atoms with E-state index in [1.54, 1.807) is 30.3 Å². The first-order valence-electron chi connectivity index (χ1n) is 9.69. The topological polar surface area (TPSA) is 95.5 Å². The summed E-state index contributed by atoms with van der Waals surface area (Å²) in [6.07, 6.45) is 4.92. The fourth-order valence-corrected chi connectivity index (χ4v) is 5.01. The lowest BCUT2D eigenvalue weighted by Crippen LogP contribution is -2.35. The van der Waals surface area contributed by atoms with Crippen LogP contribution in [-0.4, -0.2) is 22.9 Å². The van der Waals surface area contributed by atoms with Crippen LogP contribution in [0.25, 0.3) is 0 Å². The zero-order valence-corrected chi connectivity index (χ0v) is 18.3. The number of rotatable bonds is 6. The molecule has 8 heteroatoms. The summed E-state index contributed by atoms with van der Waals surface area (Å²) in [7, 11) is 0. The van der Waals surface area contributed by atoms with Crippen LogP contribution in [0.15, 0.2) is 36.4 Å². The van der Waals surface area contributed by atoms with Crippen molar-refractivity contribution in [3.05, 3.63) is 57.4 Å². The van der Waals surface area contributed by atoms with E-state index in [2.05, 4.69) is 10.6 Å². The molecule has 1 aliphatic rings. The minimum Gasteiger partial charge on any atom is -0.481 e. The quantitative estimate of drug-likeness (QED) is 0.536. The van der Waals surface area contributed by atoms with Gasteiger partial charge >= 0.3 is 5.97 Å². The first-order chi connectivity index (χ1) is 14.3. The molecule has 1 aliphatic carbocycles. The van der Waals surface area contributed by atoms with Gasteiger partial charge < -0.3 is 15.7 Å². The molecule has 0 fully saturated rings. The molecule has 0 radical (unpaired) electrons. The van der Waals surface area contributed by atoms with Crippen LogP contribution in [0.3, 0.4) is 0 Å². The largest absolute Gasteiger partial charge is 0.481 e. The Morgan fingerprint density at radius 2 is 1.87 bits per heavy atom. The third kappa shape index (κ3) is 4.74. The van der Waals surface area contributed by atoms with E-state index in [-0.39, 0.29) is 11.8 Å². The van der Waals surface area contributed by atoms with Crippen molar-refractivity contribution in [2.75, 3.05) is 10.6 Å². The van der Waals surface area contributed by atoms with E-state index in [9.17, 15) is 19.5 Å². The van der Waals surface area contributed by atoms with Gasteiger partial charge in [0.15, 0.2) is 0 Å². The summed E-state index contributed by atoms with van der Waals surface area (Å²) < 4.78 is 0. The summed E-state index contributed by atoms with van der Waals surface area (Å²) in [4.78, 5) is 38.5. The van der Waals surface area contributed by atoms with E-state index in [0.717, 1.165) is 10.4 Å². The number of carboxylic acids is 1. The molecular formula is C22H23ClN2O4S. The number of allylic oxidation sites excluding steroid dienone is 2. The van der Waals surface area contributed by atoms with Crippen molar-refractivity contribution in [1.82, 2.24) is 0 Å². The molecule has 1 aromatic carbocycles. The number of nitrogens with one attached hydrogen (secondary N) is 2. The summed E-state index contributed by atoms with van der Waals surface area (Å²) in [5, 5.41) is 16.1. The van der Waals surface area contributed by atoms with Gasteiger partial charge in [0.2, 0.25) is 5.91 Å². The second kappa shape index (κ2) is 9.45. The Balaban J connectivity index is 1.88. The maximum Gasteiger partial charge on any atom is 0.307 e. The standard InChI is InChI=1S/C22H23ClN2O4S/c1-3-15-12(2)30-21(18(15)20(27)24-14-8-6-7-13(23)11-14)25-19(26)16-9-4-5-10-17(16)22(28)29/h4-8,11,16-17H,3,9-10H2,1-2H3,(H,24,27)(H,25,26)(H,28,29)/t16-,17+/m0/s1. The van der Waals surface area contributed by atoms with E-state index in [0.29, 0.717) is 40.5 Å². The normalized spacial score (nSPS) is 18.1. The maximum absolute atomic E-state index is 13.1. The van der Waals surface area contributed by atoms with Gasteiger partial charge in [0.25, 0.3) is 5.91 Å². The molecule has 3 rings (SSSR count). The highest BCUT2D eigenvalue weighted by molar-refractivity contribution is 7.16. The van der Waals surface area contributed by atoms with Crippen LogP contribution in [0.5, 0.6) is 0 Å². The minimum absolute atomic E-state index is 0.319. The average molecular weight is 447 g/mol. The third-order valence-corrected chi connectivity index (χ3v) is 6.49. The number of carbonyl (C=O) groups is 3. The number of carboxylic acid groups (broad SMARTS) is 1. The number of hydrogen-bond acceptors (Lipinski definition) is 4. The van der Waals surface area contributed by atoms with Crippen LogP contribution >= 0.6 is 22.9 Å². The van der Waals surface area contributed by atoms with E-state index in [1.165, 1.54) is 11.3 Å². The zero-order chi connectivity index (χ0) is 21.8. The van der Waals surface area contributed by atoms with Crippen molar-refractivity contribution in [2.45, 2.75) is 33.1 Å². The first-order valence-corrected chi connectivity index (χ1v) is 10.9. The van der Waals surface area contributed by atoms with Gasteiger partial charge in [-0.1, -0.05) is 36.7 Å². The van der Waals surface area contributed by atoms with Crippen molar-refractivity contribution in [3.63, 3.8) is 0 Å². The van der Waals surface area contributed by atoms with Crippen LogP contribution in [0.2, 0.25) is 5.02 Å². The molecule has 0 bridgehead atoms. The number of aliphatic carboxylic acids is 1. The van der Waals surface area contributed by atoms with Crippen LogP contribution < -0.4 is 10.6 Å². The lowest BCUT2D eigenvalue weighted by atomic mass is 9.82. The lowest BCUT2D eigenvalue weighted by Gasteiger charge is -2.24. The zero-order valence-electron chi connectivity index (χ0n) is 16.7. The number of hydrogen-bond donors (Lipinski definition) is 3. The molecule has 1 aromatic heterocycles. The number of thiophene rings is 1. The van der Waals surface area contributed by atoms with Crippen LogP contribution in [-0.2, 0) is 16.0 Å². The fourth-order valence-electron chi connectivity index (χ4n) is 3.67. The Kier molecular flexibility index (Phi) is 6.95. The van der Waals surface area contributed by atoms with Crippen molar-refractivity contribution >= 4 is 51.4 Å². The molecule has 0 saturated heterocycles. The van der Waals surface area contributed by atoms with E-state index < -0.39 is 17.8 Å². The summed E-state index contributed by atoms with van der Waals surface area (Å²) in [5.41, 5.74) is 1.82. The van der Waals surface area contributed by atoms with Gasteiger partial charge in [-0.3, -0.25) is 14.4 Å². The summed E-state index contributed by atoms with van der Waals surface area (Å²) >= 11 is 7.33. The van der Waals surface area contributed by atoms with E-state index in [4.69, 9.17) is 11.6 Å². The van der Waals surface area contributed by atoms with Gasteiger partial charge in [-0.05, 0) is 49.9 Å². The Morgan fingerprint density at radius 3 is 2.50 bits per heavy atom. The molecular weight excluding hydrogens is 424 g/mol. The second-order valence-electron chi connectivity index (χ2n) is 7.14. The van der Waals surface area contributed by atoms with Gasteiger partial charge in [-0.15, -0.1) is 11.3 Å². The van der Waals surface area contributed by atoms with E-state index >= 15 is 0 Å². The fraction of sp³-hybridized carbons (Fsp3) is 0.318. The molecule has 2 amide bonds. The Labute approximate surface area is 183 Å². The monoisotopic (exact) mass is 446 g/mol. The van der Waals surface area contributed by atoms with Gasteiger partial charge in [0.05, 0.1) is 17.4 Å². The molecule has 0 unspecified atom stereocenters. The number of benzene rings is 1. The Bertz CT molecular complexity index is 1010. The number of halogens is 1. The second-order valence-corrected chi connectivity index (χ2v) is 8.80. The lowest BCUT2D eigenvalue weighted by molar-refractivity contribution is -0.146. The average Bonchev–Trinajstić information content (AvgIpc) is 3.02. The van der Waals surface area contributed by atoms with Gasteiger partial charge in [0, 0.05) is 15.6 Å². The van der Waals surface area contributed by atoms with Crippen molar-refractivity contribution in [1.29, 1.82) is 0 Å². The third-order valence-electron chi connectivity index (χ3n) is 5.20. The van der Waals surface area contributed by atoms with E-state index in [1.807, 2.05) is 19.9 Å². The molecule has 2 aromatic rings. The number of anilines is 2. The predicted octanol–water partition coefficient (Wildman–Crippen LogP) is 5.13. The molecule has 1 heterocycles. The van der Waals surface area contributed by atoms with Crippen LogP contribution in [0.4, 0.5) is 10.7 Å². The molecule has 0 spiro atoms. The summed E-state index contributed by atoms with van der Waals surface area (Å²) in [6.45, 7) is 3.85. The Morgan fingerprint density at radius 1 is 1.17 bits per heavy atom. The van der Waals surface area contributed by atoms with Crippen molar-refractivity contribution < 1.29 is 19.5 Å². The molecule has 30 heavy (non-hydrogen) atoms. The molecule has 3 N–H and O–H groups in total. The number of amides is 2. The van der Waals surface area contributed by atoms with Crippen LogP contribution in [0, 0.1) is 18.8 Å². The minimum atomic E-state index is -0.991. The van der Waals surface area contributed by atoms with Crippen molar-refractivity contribution in [3.8, 4) is 0 Å². The molecule has 0 saturated carbocycles. The molecule has 158 valence electrons. The smallest absolute Gasteiger partial charge is 0.307 e. The Hall–Kier alpha value is -2.64. The highest BCUT2D eigenvalue weighted by Crippen LogP contribution is 2.36. The summed E-state index contributed by atoms with van der Waals surface area (Å²) in [6, 6.07) is 6.84. The molecule has 0 aliphatic heterocycles. The van der Waals surface area contributed by atoms with Gasteiger partial charge in [0.1, 0.15) is 5.00 Å². The SMILES string of the molecule is CCc1c(C)sc(NC(=O)[C@H]2CC=CC[C@H]2C(=O)O)c1C(=O)Nc1cccc(Cl)c1. The van der Waals surface area contributed by atoms with Gasteiger partial charge in [-0.2, -0.15) is 0 Å². The van der Waals surface area contributed by atoms with Gasteiger partial charge in [-0.25, -0.2) is 0 Å². The molecule has 2 atom stereocenters. The first kappa shape index (κ1) is 22.1. The predicted molar refractivity (Wildman–Crippen MR) is 119 cm³/mol. The highest BCUT2D eigenvalue weighted by Gasteiger charge is 2.35.